The summed E-state index contributed by atoms with van der Waals surface area (Å²) in [7, 11) is -4.12. The average Bonchev–Trinajstić information content (AvgIpc) is 2.84. The lowest BCUT2D eigenvalue weighted by atomic mass is 10.1. The van der Waals surface area contributed by atoms with E-state index in [1.807, 2.05) is 10.8 Å². The summed E-state index contributed by atoms with van der Waals surface area (Å²) in [5, 5.41) is 2.66. The number of rotatable bonds is 9. The number of aromatic nitrogens is 1. The van der Waals surface area contributed by atoms with Crippen LogP contribution in [0.25, 0.3) is 0 Å². The highest BCUT2D eigenvalue weighted by Gasteiger charge is 2.19. The zero-order valence-corrected chi connectivity index (χ0v) is 19.6. The van der Waals surface area contributed by atoms with Crippen molar-refractivity contribution in [1.82, 2.24) is 15.0 Å². The van der Waals surface area contributed by atoms with Gasteiger partial charge in [0, 0.05) is 25.7 Å². The van der Waals surface area contributed by atoms with Crippen molar-refractivity contribution in [2.24, 2.45) is 0 Å². The molecule has 0 bridgehead atoms. The van der Waals surface area contributed by atoms with Crippen molar-refractivity contribution < 1.29 is 32.3 Å². The Morgan fingerprint density at radius 1 is 0.914 bits per heavy atom. The van der Waals surface area contributed by atoms with Crippen LogP contribution in [0.15, 0.2) is 77.8 Å². The second kappa shape index (κ2) is 11.7. The fraction of sp³-hybridized carbons (Fsp3) is 0.167. The van der Waals surface area contributed by atoms with Crippen molar-refractivity contribution in [3.8, 4) is 5.88 Å². The van der Waals surface area contributed by atoms with Crippen LogP contribution >= 0.6 is 0 Å². The van der Waals surface area contributed by atoms with Crippen molar-refractivity contribution in [2.75, 3.05) is 6.54 Å². The molecule has 2 aromatic carbocycles. The quantitative estimate of drug-likeness (QED) is 0.430. The maximum atomic E-state index is 12.5. The number of carbonyl (C=O) groups excluding carboxylic acids is 3. The molecule has 3 aromatic rings. The van der Waals surface area contributed by atoms with E-state index in [1.54, 1.807) is 36.4 Å². The molecule has 0 aliphatic heterocycles. The van der Waals surface area contributed by atoms with Gasteiger partial charge in [0.1, 0.15) is 6.61 Å². The minimum absolute atomic E-state index is 0.0221. The van der Waals surface area contributed by atoms with Gasteiger partial charge in [-0.25, -0.2) is 22.9 Å². The normalized spacial score (nSPS) is 10.8. The predicted molar refractivity (Wildman–Crippen MR) is 125 cm³/mol. The summed E-state index contributed by atoms with van der Waals surface area (Å²) < 4.78 is 37.0. The number of hydrogen-bond acceptors (Lipinski definition) is 8. The molecule has 3 rings (SSSR count). The number of nitrogens with zero attached hydrogens (tertiary/aromatic N) is 1. The molecule has 0 radical (unpaired) electrons. The van der Waals surface area contributed by atoms with Gasteiger partial charge in [-0.3, -0.25) is 9.59 Å². The largest absolute Gasteiger partial charge is 0.515 e. The minimum atomic E-state index is -4.12. The van der Waals surface area contributed by atoms with Crippen molar-refractivity contribution >= 4 is 28.0 Å². The van der Waals surface area contributed by atoms with Gasteiger partial charge < -0.3 is 14.8 Å². The van der Waals surface area contributed by atoms with Gasteiger partial charge in [0.05, 0.1) is 10.5 Å². The SMILES string of the molecule is CC(=O)NCCc1ccc(S(=O)(=O)NC(=O)c2ccc(OC(=O)OCc3ccccc3)nc2)cc1. The number of benzene rings is 2. The van der Waals surface area contributed by atoms with E-state index in [2.05, 4.69) is 10.3 Å². The van der Waals surface area contributed by atoms with Crippen LogP contribution in [0.3, 0.4) is 0 Å². The average molecular weight is 498 g/mol. The second-order valence-corrected chi connectivity index (χ2v) is 9.01. The highest BCUT2D eigenvalue weighted by atomic mass is 32.2. The Labute approximate surface area is 202 Å². The number of carbonyl (C=O) groups is 3. The molecule has 1 heterocycles. The lowest BCUT2D eigenvalue weighted by molar-refractivity contribution is -0.118. The van der Waals surface area contributed by atoms with Crippen molar-refractivity contribution in [3.63, 3.8) is 0 Å². The molecule has 182 valence electrons. The van der Waals surface area contributed by atoms with Gasteiger partial charge in [-0.2, -0.15) is 0 Å². The fourth-order valence-corrected chi connectivity index (χ4v) is 3.84. The van der Waals surface area contributed by atoms with Crippen LogP contribution in [0.1, 0.15) is 28.4 Å². The van der Waals surface area contributed by atoms with Gasteiger partial charge in [0.25, 0.3) is 15.9 Å². The van der Waals surface area contributed by atoms with Gasteiger partial charge >= 0.3 is 6.16 Å². The van der Waals surface area contributed by atoms with Crippen molar-refractivity contribution in [3.05, 3.63) is 89.6 Å². The van der Waals surface area contributed by atoms with E-state index in [0.29, 0.717) is 13.0 Å². The topological polar surface area (TPSA) is 141 Å². The molecule has 0 aliphatic carbocycles. The second-order valence-electron chi connectivity index (χ2n) is 7.32. The first kappa shape index (κ1) is 25.4. The van der Waals surface area contributed by atoms with E-state index in [4.69, 9.17) is 9.47 Å². The highest BCUT2D eigenvalue weighted by molar-refractivity contribution is 7.90. The Morgan fingerprint density at radius 2 is 1.63 bits per heavy atom. The number of nitrogens with one attached hydrogen (secondary N) is 2. The first-order valence-corrected chi connectivity index (χ1v) is 12.0. The molecule has 35 heavy (non-hydrogen) atoms. The molecule has 0 saturated heterocycles. The molecular weight excluding hydrogens is 474 g/mol. The molecule has 0 spiro atoms. The zero-order chi connectivity index (χ0) is 25.3. The predicted octanol–water partition coefficient (Wildman–Crippen LogP) is 2.59. The summed E-state index contributed by atoms with van der Waals surface area (Å²) in [6, 6.07) is 17.5. The molecular formula is C24H23N3O7S. The molecule has 0 atom stereocenters. The van der Waals surface area contributed by atoms with Crippen LogP contribution in [-0.2, 0) is 32.6 Å². The van der Waals surface area contributed by atoms with Crippen molar-refractivity contribution in [2.45, 2.75) is 24.8 Å². The molecule has 11 heteroatoms. The first-order chi connectivity index (χ1) is 16.7. The smallest absolute Gasteiger partial charge is 0.429 e. The number of ether oxygens (including phenoxy) is 2. The maximum Gasteiger partial charge on any atom is 0.515 e. The molecule has 2 N–H and O–H groups in total. The third kappa shape index (κ3) is 7.93. The fourth-order valence-electron chi connectivity index (χ4n) is 2.86. The Morgan fingerprint density at radius 3 is 2.26 bits per heavy atom. The van der Waals surface area contributed by atoms with Gasteiger partial charge in [-0.1, -0.05) is 42.5 Å². The molecule has 2 amide bonds. The molecule has 0 aliphatic rings. The van der Waals surface area contributed by atoms with Crippen LogP contribution < -0.4 is 14.8 Å². The third-order valence-corrected chi connectivity index (χ3v) is 5.98. The highest BCUT2D eigenvalue weighted by Crippen LogP contribution is 2.13. The molecule has 10 nitrogen and oxygen atoms in total. The Balaban J connectivity index is 1.53. The monoisotopic (exact) mass is 497 g/mol. The molecule has 0 unspecified atom stereocenters. The summed E-state index contributed by atoms with van der Waals surface area (Å²) >= 11 is 0. The Hall–Kier alpha value is -4.25. The Kier molecular flexibility index (Phi) is 8.52. The Bertz CT molecular complexity index is 1280. The summed E-state index contributed by atoms with van der Waals surface area (Å²) in [5.74, 6) is -1.16. The van der Waals surface area contributed by atoms with Crippen LogP contribution in [0.2, 0.25) is 0 Å². The molecule has 1 aromatic heterocycles. The van der Waals surface area contributed by atoms with Gasteiger partial charge in [0.2, 0.25) is 11.8 Å². The van der Waals surface area contributed by atoms with Crippen LogP contribution in [-0.4, -0.2) is 37.9 Å². The number of amides is 2. The molecule has 0 fully saturated rings. The zero-order valence-electron chi connectivity index (χ0n) is 18.8. The standard InChI is InChI=1S/C24H23N3O7S/c1-17(28)25-14-13-18-7-10-21(11-8-18)35(31,32)27-23(29)20-9-12-22(26-15-20)34-24(30)33-16-19-5-3-2-4-6-19/h2-12,15H,13-14,16H2,1H3,(H,25,28)(H,27,29). The van der Waals surface area contributed by atoms with Crippen molar-refractivity contribution in [1.29, 1.82) is 0 Å². The summed E-state index contributed by atoms with van der Waals surface area (Å²) in [5.41, 5.74) is 1.56. The van der Waals surface area contributed by atoms with E-state index in [1.165, 1.54) is 31.2 Å². The van der Waals surface area contributed by atoms with Gasteiger partial charge in [-0.05, 0) is 35.7 Å². The van der Waals surface area contributed by atoms with Gasteiger partial charge in [-0.15, -0.1) is 0 Å². The summed E-state index contributed by atoms with van der Waals surface area (Å²) in [6.07, 6.45) is 0.642. The van der Waals surface area contributed by atoms with E-state index in [0.717, 1.165) is 17.3 Å². The van der Waals surface area contributed by atoms with E-state index in [9.17, 15) is 22.8 Å². The van der Waals surface area contributed by atoms with E-state index >= 15 is 0 Å². The third-order valence-electron chi connectivity index (χ3n) is 4.63. The van der Waals surface area contributed by atoms with E-state index in [-0.39, 0.29) is 28.9 Å². The van der Waals surface area contributed by atoms with Crippen LogP contribution in [0.5, 0.6) is 5.88 Å². The van der Waals surface area contributed by atoms with Crippen LogP contribution in [0, 0.1) is 0 Å². The maximum absolute atomic E-state index is 12.5. The number of pyridine rings is 1. The van der Waals surface area contributed by atoms with E-state index < -0.39 is 22.1 Å². The lowest BCUT2D eigenvalue weighted by Crippen LogP contribution is -2.30. The molecule has 0 saturated carbocycles. The van der Waals surface area contributed by atoms with Crippen LogP contribution in [0.4, 0.5) is 4.79 Å². The number of sulfonamides is 1. The first-order valence-electron chi connectivity index (χ1n) is 10.5. The summed E-state index contributed by atoms with van der Waals surface area (Å²) in [6.45, 7) is 1.86. The number of hydrogen-bond donors (Lipinski definition) is 2. The summed E-state index contributed by atoms with van der Waals surface area (Å²) in [4.78, 5) is 38.9. The minimum Gasteiger partial charge on any atom is -0.429 e. The lowest BCUT2D eigenvalue weighted by Gasteiger charge is -2.09. The van der Waals surface area contributed by atoms with Gasteiger partial charge in [0.15, 0.2) is 0 Å².